The fraction of sp³-hybridized carbons (Fsp3) is 0.125. The van der Waals surface area contributed by atoms with Crippen LogP contribution in [-0.2, 0) is 0 Å². The molecule has 5 heteroatoms. The second-order valence-electron chi connectivity index (χ2n) is 4.91. The van der Waals surface area contributed by atoms with Gasteiger partial charge in [0.15, 0.2) is 5.78 Å². The van der Waals surface area contributed by atoms with Crippen LogP contribution in [0.4, 0.5) is 10.1 Å². The minimum absolute atomic E-state index is 0.0588. The van der Waals surface area contributed by atoms with E-state index in [0.29, 0.717) is 10.6 Å². The first-order chi connectivity index (χ1) is 9.97. The average molecular weight is 300 g/mol. The largest absolute Gasteiger partial charge is 0.397 e. The molecule has 2 heterocycles. The molecule has 2 aromatic heterocycles. The summed E-state index contributed by atoms with van der Waals surface area (Å²) in [6.45, 7) is 3.42. The van der Waals surface area contributed by atoms with Crippen molar-refractivity contribution in [3.05, 3.63) is 46.6 Å². The van der Waals surface area contributed by atoms with Crippen LogP contribution in [0.25, 0.3) is 21.5 Å². The Hall–Kier alpha value is -2.27. The lowest BCUT2D eigenvalue weighted by Crippen LogP contribution is -1.94. The van der Waals surface area contributed by atoms with Crippen molar-refractivity contribution in [3.8, 4) is 11.3 Å². The number of nitrogens with zero attached hydrogens (tertiary/aromatic N) is 1. The molecule has 0 aliphatic rings. The SMILES string of the molecule is CC(=O)c1sc2nc(-c3ccc(F)cc3)c(C)cc2c1N. The summed E-state index contributed by atoms with van der Waals surface area (Å²) in [5.41, 5.74) is 9.06. The third-order valence-corrected chi connectivity index (χ3v) is 4.57. The fourth-order valence-corrected chi connectivity index (χ4v) is 3.28. The van der Waals surface area contributed by atoms with E-state index < -0.39 is 0 Å². The van der Waals surface area contributed by atoms with E-state index in [0.717, 1.165) is 27.0 Å². The predicted octanol–water partition coefficient (Wildman–Crippen LogP) is 4.20. The number of Topliss-reactive ketones (excluding diaryl/α,β-unsaturated/α-hetero) is 1. The minimum atomic E-state index is -0.281. The van der Waals surface area contributed by atoms with Gasteiger partial charge in [0.25, 0.3) is 0 Å². The van der Waals surface area contributed by atoms with Crippen LogP contribution < -0.4 is 5.73 Å². The molecule has 0 fully saturated rings. The Morgan fingerprint density at radius 2 is 1.95 bits per heavy atom. The first kappa shape index (κ1) is 13.7. The highest BCUT2D eigenvalue weighted by Crippen LogP contribution is 2.36. The van der Waals surface area contributed by atoms with Gasteiger partial charge in [0.05, 0.1) is 16.3 Å². The predicted molar refractivity (Wildman–Crippen MR) is 84.2 cm³/mol. The number of halogens is 1. The maximum absolute atomic E-state index is 13.0. The zero-order valence-electron chi connectivity index (χ0n) is 11.6. The number of carbonyl (C=O) groups is 1. The van der Waals surface area contributed by atoms with Crippen molar-refractivity contribution in [3.63, 3.8) is 0 Å². The summed E-state index contributed by atoms with van der Waals surface area (Å²) in [6, 6.07) is 8.13. The molecule has 0 bridgehead atoms. The zero-order valence-corrected chi connectivity index (χ0v) is 12.4. The molecule has 0 saturated carbocycles. The Morgan fingerprint density at radius 3 is 2.57 bits per heavy atom. The van der Waals surface area contributed by atoms with E-state index in [-0.39, 0.29) is 11.6 Å². The molecular weight excluding hydrogens is 287 g/mol. The van der Waals surface area contributed by atoms with Crippen molar-refractivity contribution in [2.45, 2.75) is 13.8 Å². The molecule has 0 saturated heterocycles. The van der Waals surface area contributed by atoms with Crippen molar-refractivity contribution >= 4 is 33.0 Å². The standard InChI is InChI=1S/C16H13FN2OS/c1-8-7-12-13(18)15(9(2)20)21-16(12)19-14(8)10-3-5-11(17)6-4-10/h3-7H,18H2,1-2H3. The van der Waals surface area contributed by atoms with Crippen molar-refractivity contribution in [2.24, 2.45) is 0 Å². The highest BCUT2D eigenvalue weighted by molar-refractivity contribution is 7.21. The lowest BCUT2D eigenvalue weighted by molar-refractivity contribution is 0.102. The third-order valence-electron chi connectivity index (χ3n) is 3.35. The second kappa shape index (κ2) is 4.93. The Balaban J connectivity index is 2.23. The van der Waals surface area contributed by atoms with Gasteiger partial charge in [-0.25, -0.2) is 9.37 Å². The van der Waals surface area contributed by atoms with Gasteiger partial charge >= 0.3 is 0 Å². The molecule has 0 amide bonds. The number of carbonyl (C=O) groups excluding carboxylic acids is 1. The Kier molecular flexibility index (Phi) is 3.22. The van der Waals surface area contributed by atoms with E-state index >= 15 is 0 Å². The van der Waals surface area contributed by atoms with Gasteiger partial charge in [0.1, 0.15) is 10.6 Å². The molecule has 106 valence electrons. The smallest absolute Gasteiger partial charge is 0.171 e. The number of pyridine rings is 1. The molecule has 0 atom stereocenters. The number of anilines is 1. The molecule has 21 heavy (non-hydrogen) atoms. The van der Waals surface area contributed by atoms with Crippen LogP contribution in [0.3, 0.4) is 0 Å². The van der Waals surface area contributed by atoms with E-state index in [1.54, 1.807) is 12.1 Å². The van der Waals surface area contributed by atoms with Crippen LogP contribution in [0.5, 0.6) is 0 Å². The Bertz CT molecular complexity index is 853. The molecule has 3 aromatic rings. The number of hydrogen-bond donors (Lipinski definition) is 1. The number of hydrogen-bond acceptors (Lipinski definition) is 4. The summed E-state index contributed by atoms with van der Waals surface area (Å²) < 4.78 is 13.0. The van der Waals surface area contributed by atoms with E-state index in [9.17, 15) is 9.18 Å². The number of benzene rings is 1. The average Bonchev–Trinajstić information content (AvgIpc) is 2.76. The number of fused-ring (bicyclic) bond motifs is 1. The highest BCUT2D eigenvalue weighted by Gasteiger charge is 2.16. The van der Waals surface area contributed by atoms with Gasteiger partial charge in [-0.3, -0.25) is 4.79 Å². The number of nitrogens with two attached hydrogens (primary N) is 1. The molecule has 1 aromatic carbocycles. The van der Waals surface area contributed by atoms with E-state index in [4.69, 9.17) is 5.73 Å². The summed E-state index contributed by atoms with van der Waals surface area (Å²) in [5, 5.41) is 0.800. The molecule has 0 unspecified atom stereocenters. The van der Waals surface area contributed by atoms with Crippen molar-refractivity contribution in [2.75, 3.05) is 5.73 Å². The van der Waals surface area contributed by atoms with Crippen LogP contribution >= 0.6 is 11.3 Å². The fourth-order valence-electron chi connectivity index (χ4n) is 2.30. The van der Waals surface area contributed by atoms with E-state index in [1.807, 2.05) is 13.0 Å². The number of aryl methyl sites for hydroxylation is 1. The normalized spacial score (nSPS) is 11.0. The summed E-state index contributed by atoms with van der Waals surface area (Å²) in [4.78, 5) is 17.4. The first-order valence-electron chi connectivity index (χ1n) is 6.44. The monoisotopic (exact) mass is 300 g/mol. The van der Waals surface area contributed by atoms with Gasteiger partial charge in [-0.1, -0.05) is 0 Å². The van der Waals surface area contributed by atoms with Crippen LogP contribution in [0.2, 0.25) is 0 Å². The zero-order chi connectivity index (χ0) is 15.1. The van der Waals surface area contributed by atoms with Gasteiger partial charge < -0.3 is 5.73 Å². The summed E-state index contributed by atoms with van der Waals surface area (Å²) >= 11 is 1.29. The number of ketones is 1. The van der Waals surface area contributed by atoms with Gasteiger partial charge in [-0.05, 0) is 42.8 Å². The lowest BCUT2D eigenvalue weighted by atomic mass is 10.1. The quantitative estimate of drug-likeness (QED) is 0.722. The maximum atomic E-state index is 13.0. The van der Waals surface area contributed by atoms with E-state index in [2.05, 4.69) is 4.98 Å². The summed E-state index contributed by atoms with van der Waals surface area (Å²) in [5.74, 6) is -0.340. The third kappa shape index (κ3) is 2.29. The summed E-state index contributed by atoms with van der Waals surface area (Å²) in [7, 11) is 0. The van der Waals surface area contributed by atoms with Gasteiger partial charge in [-0.2, -0.15) is 0 Å². The molecule has 0 spiro atoms. The Morgan fingerprint density at radius 1 is 1.29 bits per heavy atom. The van der Waals surface area contributed by atoms with Gasteiger partial charge in [0.2, 0.25) is 0 Å². The minimum Gasteiger partial charge on any atom is -0.397 e. The van der Waals surface area contributed by atoms with Crippen LogP contribution in [0.1, 0.15) is 22.2 Å². The molecular formula is C16H13FN2OS. The summed E-state index contributed by atoms with van der Waals surface area (Å²) in [6.07, 6.45) is 0. The number of aromatic nitrogens is 1. The van der Waals surface area contributed by atoms with E-state index in [1.165, 1.54) is 30.4 Å². The molecule has 0 aliphatic heterocycles. The number of rotatable bonds is 2. The van der Waals surface area contributed by atoms with Crippen molar-refractivity contribution in [1.29, 1.82) is 0 Å². The maximum Gasteiger partial charge on any atom is 0.171 e. The molecule has 0 aliphatic carbocycles. The van der Waals surface area contributed by atoms with Crippen LogP contribution in [-0.4, -0.2) is 10.8 Å². The van der Waals surface area contributed by atoms with Crippen molar-refractivity contribution in [1.82, 2.24) is 4.98 Å². The molecule has 3 rings (SSSR count). The number of thiophene rings is 1. The Labute approximate surface area is 125 Å². The number of nitrogen functional groups attached to an aromatic ring is 1. The molecule has 0 radical (unpaired) electrons. The lowest BCUT2D eigenvalue weighted by Gasteiger charge is -2.05. The van der Waals surface area contributed by atoms with Crippen LogP contribution in [0.15, 0.2) is 30.3 Å². The van der Waals surface area contributed by atoms with Crippen LogP contribution in [0, 0.1) is 12.7 Å². The second-order valence-corrected chi connectivity index (χ2v) is 5.91. The molecule has 3 nitrogen and oxygen atoms in total. The first-order valence-corrected chi connectivity index (χ1v) is 7.25. The molecule has 2 N–H and O–H groups in total. The van der Waals surface area contributed by atoms with Crippen molar-refractivity contribution < 1.29 is 9.18 Å². The van der Waals surface area contributed by atoms with Gasteiger partial charge in [-0.15, -0.1) is 11.3 Å². The topological polar surface area (TPSA) is 56.0 Å². The highest BCUT2D eigenvalue weighted by atomic mass is 32.1. The van der Waals surface area contributed by atoms with Gasteiger partial charge in [0, 0.05) is 17.9 Å².